The minimum atomic E-state index is -1.45. The SMILES string of the molecule is N=C(N)NCCC[C@H](NC(=O)[C@H](CC(N)=O)NC(=O)CNC(=O)[C@@H](N)Cc1ccccc1)C(=O)O. The summed E-state index contributed by atoms with van der Waals surface area (Å²) in [4.78, 5) is 59.8. The van der Waals surface area contributed by atoms with Crippen molar-refractivity contribution in [2.24, 2.45) is 17.2 Å². The Balaban J connectivity index is 2.62. The highest BCUT2D eigenvalue weighted by Gasteiger charge is 2.28. The van der Waals surface area contributed by atoms with E-state index < -0.39 is 60.7 Å². The van der Waals surface area contributed by atoms with Gasteiger partial charge in [-0.05, 0) is 24.8 Å². The van der Waals surface area contributed by atoms with Gasteiger partial charge in [0.25, 0.3) is 0 Å². The fourth-order valence-corrected chi connectivity index (χ4v) is 2.97. The number of carboxylic acids is 1. The maximum absolute atomic E-state index is 12.5. The van der Waals surface area contributed by atoms with Crippen LogP contribution >= 0.6 is 0 Å². The molecule has 0 aliphatic heterocycles. The van der Waals surface area contributed by atoms with Crippen molar-refractivity contribution in [1.29, 1.82) is 5.41 Å². The normalized spacial score (nSPS) is 12.9. The number of rotatable bonds is 15. The maximum atomic E-state index is 12.5. The first-order chi connectivity index (χ1) is 16.5. The third kappa shape index (κ3) is 12.0. The summed E-state index contributed by atoms with van der Waals surface area (Å²) in [7, 11) is 0. The molecule has 0 aliphatic rings. The summed E-state index contributed by atoms with van der Waals surface area (Å²) >= 11 is 0. The van der Waals surface area contributed by atoms with Crippen LogP contribution in [-0.2, 0) is 30.4 Å². The number of nitrogens with one attached hydrogen (secondary N) is 5. The average molecular weight is 493 g/mol. The highest BCUT2D eigenvalue weighted by molar-refractivity contribution is 5.95. The summed E-state index contributed by atoms with van der Waals surface area (Å²) in [5.74, 6) is -4.84. The van der Waals surface area contributed by atoms with E-state index in [0.29, 0.717) is 0 Å². The average Bonchev–Trinajstić information content (AvgIpc) is 2.78. The lowest BCUT2D eigenvalue weighted by atomic mass is 10.1. The number of hydrogen-bond donors (Lipinski definition) is 9. The molecular formula is C21H32N8O6. The Labute approximate surface area is 201 Å². The molecule has 1 aromatic rings. The van der Waals surface area contributed by atoms with E-state index in [1.807, 2.05) is 6.07 Å². The van der Waals surface area contributed by atoms with Gasteiger partial charge in [-0.3, -0.25) is 24.6 Å². The summed E-state index contributed by atoms with van der Waals surface area (Å²) < 4.78 is 0. The Bertz CT molecular complexity index is 910. The fourth-order valence-electron chi connectivity index (χ4n) is 2.97. The van der Waals surface area contributed by atoms with Gasteiger partial charge in [0.1, 0.15) is 12.1 Å². The first kappa shape index (κ1) is 28.8. The van der Waals surface area contributed by atoms with Gasteiger partial charge in [-0.1, -0.05) is 30.3 Å². The smallest absolute Gasteiger partial charge is 0.326 e. The van der Waals surface area contributed by atoms with Crippen molar-refractivity contribution in [3.05, 3.63) is 35.9 Å². The molecule has 12 N–H and O–H groups in total. The topological polar surface area (TPSA) is 256 Å². The molecule has 0 aromatic heterocycles. The zero-order chi connectivity index (χ0) is 26.4. The van der Waals surface area contributed by atoms with Crippen LogP contribution in [0.3, 0.4) is 0 Å². The molecule has 0 spiro atoms. The van der Waals surface area contributed by atoms with Crippen molar-refractivity contribution in [2.45, 2.75) is 43.8 Å². The maximum Gasteiger partial charge on any atom is 0.326 e. The highest BCUT2D eigenvalue weighted by Crippen LogP contribution is 2.02. The van der Waals surface area contributed by atoms with Crippen molar-refractivity contribution in [2.75, 3.05) is 13.1 Å². The molecule has 0 fully saturated rings. The van der Waals surface area contributed by atoms with Crippen LogP contribution < -0.4 is 38.5 Å². The van der Waals surface area contributed by atoms with E-state index in [9.17, 15) is 29.1 Å². The third-order valence-corrected chi connectivity index (χ3v) is 4.72. The fraction of sp³-hybridized carbons (Fsp3) is 0.429. The van der Waals surface area contributed by atoms with Gasteiger partial charge in [0.2, 0.25) is 23.6 Å². The van der Waals surface area contributed by atoms with E-state index in [1.54, 1.807) is 24.3 Å². The molecule has 0 unspecified atom stereocenters. The number of carbonyl (C=O) groups excluding carboxylic acids is 4. The molecule has 3 atom stereocenters. The molecule has 35 heavy (non-hydrogen) atoms. The summed E-state index contributed by atoms with van der Waals surface area (Å²) in [5.41, 5.74) is 17.0. The third-order valence-electron chi connectivity index (χ3n) is 4.72. The monoisotopic (exact) mass is 492 g/mol. The molecule has 0 aliphatic carbocycles. The largest absolute Gasteiger partial charge is 0.480 e. The summed E-state index contributed by atoms with van der Waals surface area (Å²) in [6.45, 7) is -0.314. The molecule has 0 saturated carbocycles. The Morgan fingerprint density at radius 3 is 2.17 bits per heavy atom. The second kappa shape index (κ2) is 14.8. The number of benzene rings is 1. The molecule has 0 bridgehead atoms. The zero-order valence-corrected chi connectivity index (χ0v) is 19.1. The van der Waals surface area contributed by atoms with Crippen LogP contribution in [0.1, 0.15) is 24.8 Å². The number of guanidine groups is 1. The first-order valence-electron chi connectivity index (χ1n) is 10.8. The lowest BCUT2D eigenvalue weighted by Gasteiger charge is -2.21. The molecular weight excluding hydrogens is 460 g/mol. The molecule has 0 saturated heterocycles. The summed E-state index contributed by atoms with van der Waals surface area (Å²) in [6, 6.07) is 5.34. The van der Waals surface area contributed by atoms with Gasteiger partial charge >= 0.3 is 5.97 Å². The molecule has 1 rings (SSSR count). The Morgan fingerprint density at radius 2 is 1.60 bits per heavy atom. The van der Waals surface area contributed by atoms with Crippen molar-refractivity contribution in [1.82, 2.24) is 21.3 Å². The predicted molar refractivity (Wildman–Crippen MR) is 126 cm³/mol. The summed E-state index contributed by atoms with van der Waals surface area (Å²) in [6.07, 6.45) is -0.0797. The predicted octanol–water partition coefficient (Wildman–Crippen LogP) is -3.13. The Morgan fingerprint density at radius 1 is 0.943 bits per heavy atom. The van der Waals surface area contributed by atoms with E-state index >= 15 is 0 Å². The van der Waals surface area contributed by atoms with Crippen LogP contribution in [0, 0.1) is 5.41 Å². The zero-order valence-electron chi connectivity index (χ0n) is 19.1. The van der Waals surface area contributed by atoms with Crippen molar-refractivity contribution < 1.29 is 29.1 Å². The van der Waals surface area contributed by atoms with E-state index in [2.05, 4.69) is 21.3 Å². The standard InChI is InChI=1S/C21H32N8O6/c22-13(9-12-5-2-1-3-6-12)18(32)27-11-17(31)28-15(10-16(23)30)19(33)29-14(20(34)35)7-4-8-26-21(24)25/h1-3,5-6,13-15H,4,7-11,22H2,(H2,23,30)(H,27,32)(H,28,31)(H,29,33)(H,34,35)(H4,24,25,26)/t13-,14-,15-/m0/s1. The molecule has 1 aromatic carbocycles. The number of nitrogens with two attached hydrogens (primary N) is 3. The van der Waals surface area contributed by atoms with Gasteiger partial charge in [-0.25, -0.2) is 4.79 Å². The van der Waals surface area contributed by atoms with Crippen LogP contribution in [0.15, 0.2) is 30.3 Å². The Hall–Kier alpha value is -4.20. The second-order valence-electron chi connectivity index (χ2n) is 7.69. The minimum Gasteiger partial charge on any atom is -0.480 e. The van der Waals surface area contributed by atoms with Gasteiger partial charge in [0.15, 0.2) is 5.96 Å². The van der Waals surface area contributed by atoms with E-state index in [0.717, 1.165) is 5.56 Å². The summed E-state index contributed by atoms with van der Waals surface area (Å²) in [5, 5.41) is 25.8. The van der Waals surface area contributed by atoms with Crippen LogP contribution in [0.4, 0.5) is 0 Å². The van der Waals surface area contributed by atoms with Gasteiger partial charge in [-0.15, -0.1) is 0 Å². The van der Waals surface area contributed by atoms with Gasteiger partial charge in [0, 0.05) is 6.54 Å². The van der Waals surface area contributed by atoms with Crippen molar-refractivity contribution in [3.63, 3.8) is 0 Å². The van der Waals surface area contributed by atoms with E-state index in [-0.39, 0.29) is 31.8 Å². The molecule has 14 heteroatoms. The van der Waals surface area contributed by atoms with Crippen molar-refractivity contribution in [3.8, 4) is 0 Å². The van der Waals surface area contributed by atoms with Gasteiger partial charge < -0.3 is 43.6 Å². The first-order valence-corrected chi connectivity index (χ1v) is 10.8. The number of carboxylic acid groups (broad SMARTS) is 1. The van der Waals surface area contributed by atoms with E-state index in [1.165, 1.54) is 0 Å². The number of primary amides is 1. The van der Waals surface area contributed by atoms with Crippen LogP contribution in [-0.4, -0.2) is 71.9 Å². The lowest BCUT2D eigenvalue weighted by molar-refractivity contribution is -0.142. The number of amides is 4. The van der Waals surface area contributed by atoms with E-state index in [4.69, 9.17) is 22.6 Å². The number of aliphatic carboxylic acids is 1. The lowest BCUT2D eigenvalue weighted by Crippen LogP contribution is -2.54. The van der Waals surface area contributed by atoms with Crippen LogP contribution in [0.2, 0.25) is 0 Å². The second-order valence-corrected chi connectivity index (χ2v) is 7.69. The molecule has 14 nitrogen and oxygen atoms in total. The Kier molecular flexibility index (Phi) is 12.2. The van der Waals surface area contributed by atoms with Gasteiger partial charge in [-0.2, -0.15) is 0 Å². The van der Waals surface area contributed by atoms with Crippen molar-refractivity contribution >= 4 is 35.6 Å². The van der Waals surface area contributed by atoms with Crippen LogP contribution in [0.25, 0.3) is 0 Å². The molecule has 0 radical (unpaired) electrons. The molecule has 4 amide bonds. The molecule has 192 valence electrons. The van der Waals surface area contributed by atoms with Crippen LogP contribution in [0.5, 0.6) is 0 Å². The quantitative estimate of drug-likeness (QED) is 0.0680. The highest BCUT2D eigenvalue weighted by atomic mass is 16.4. The number of hydrogen-bond acceptors (Lipinski definition) is 7. The van der Waals surface area contributed by atoms with Gasteiger partial charge in [0.05, 0.1) is 19.0 Å². The molecule has 0 heterocycles. The minimum absolute atomic E-state index is 0.00600. The number of carbonyl (C=O) groups is 5.